The van der Waals surface area contributed by atoms with Gasteiger partial charge in [0.1, 0.15) is 24.4 Å². The highest BCUT2D eigenvalue weighted by molar-refractivity contribution is 5.76. The highest BCUT2D eigenvalue weighted by atomic mass is 16.7. The summed E-state index contributed by atoms with van der Waals surface area (Å²) < 4.78 is 11.2. The average molecular weight is 1030 g/mol. The quantitative estimate of drug-likeness (QED) is 0.0261. The lowest BCUT2D eigenvalue weighted by Gasteiger charge is -2.40. The molecule has 0 spiro atoms. The number of amides is 1. The molecule has 1 aliphatic heterocycles. The Morgan fingerprint density at radius 1 is 0.473 bits per heavy atom. The number of rotatable bonds is 48. The predicted octanol–water partition coefficient (Wildman–Crippen LogP) is 14.9. The van der Waals surface area contributed by atoms with Crippen LogP contribution in [0.2, 0.25) is 0 Å². The number of carbonyl (C=O) groups excluding carboxylic acids is 1. The van der Waals surface area contributed by atoms with Gasteiger partial charge in [-0.1, -0.05) is 244 Å². The Kier molecular flexibility index (Phi) is 48.7. The highest BCUT2D eigenvalue weighted by Gasteiger charge is 2.44. The van der Waals surface area contributed by atoms with Gasteiger partial charge in [-0.25, -0.2) is 0 Å². The van der Waals surface area contributed by atoms with Crippen molar-refractivity contribution in [2.45, 2.75) is 256 Å². The molecule has 1 fully saturated rings. The minimum Gasteiger partial charge on any atom is -0.394 e. The van der Waals surface area contributed by atoms with Crippen LogP contribution in [0.25, 0.3) is 0 Å². The van der Waals surface area contributed by atoms with Crippen LogP contribution in [-0.2, 0) is 14.3 Å². The molecule has 0 aromatic rings. The number of hydrogen-bond donors (Lipinski definition) is 6. The fourth-order valence-electron chi connectivity index (χ4n) is 8.36. The monoisotopic (exact) mass is 1030 g/mol. The number of carbonyl (C=O) groups is 1. The average Bonchev–Trinajstić information content (AvgIpc) is 3.40. The second kappa shape index (κ2) is 52.8. The van der Waals surface area contributed by atoms with E-state index in [9.17, 15) is 30.3 Å². The Labute approximate surface area is 451 Å². The molecule has 74 heavy (non-hydrogen) atoms. The zero-order chi connectivity index (χ0) is 53.6. The van der Waals surface area contributed by atoms with Crippen molar-refractivity contribution in [3.05, 3.63) is 134 Å². The molecule has 0 saturated carbocycles. The van der Waals surface area contributed by atoms with E-state index in [0.29, 0.717) is 6.42 Å². The van der Waals surface area contributed by atoms with Gasteiger partial charge >= 0.3 is 0 Å². The molecule has 0 aromatic heterocycles. The van der Waals surface area contributed by atoms with Crippen molar-refractivity contribution in [3.63, 3.8) is 0 Å². The third-order valence-electron chi connectivity index (χ3n) is 13.0. The molecule has 0 radical (unpaired) electrons. The molecule has 420 valence electrons. The zero-order valence-corrected chi connectivity index (χ0v) is 46.5. The minimum absolute atomic E-state index is 0.207. The summed E-state index contributed by atoms with van der Waals surface area (Å²) in [5, 5.41) is 54.5. The van der Waals surface area contributed by atoms with Crippen molar-refractivity contribution in [2.24, 2.45) is 0 Å². The number of aliphatic hydroxyl groups excluding tert-OH is 5. The Morgan fingerprint density at radius 2 is 0.838 bits per heavy atom. The van der Waals surface area contributed by atoms with Crippen LogP contribution in [0.3, 0.4) is 0 Å². The summed E-state index contributed by atoms with van der Waals surface area (Å²) >= 11 is 0. The van der Waals surface area contributed by atoms with E-state index < -0.39 is 49.5 Å². The van der Waals surface area contributed by atoms with Crippen LogP contribution >= 0.6 is 0 Å². The third kappa shape index (κ3) is 41.6. The molecule has 7 unspecified atom stereocenters. The first-order valence-corrected chi connectivity index (χ1v) is 29.4. The third-order valence-corrected chi connectivity index (χ3v) is 13.0. The van der Waals surface area contributed by atoms with Crippen molar-refractivity contribution >= 4 is 5.91 Å². The molecule has 1 heterocycles. The lowest BCUT2D eigenvalue weighted by atomic mass is 9.99. The molecule has 7 atom stereocenters. The molecule has 9 heteroatoms. The molecule has 6 N–H and O–H groups in total. The lowest BCUT2D eigenvalue weighted by Crippen LogP contribution is -2.60. The van der Waals surface area contributed by atoms with Crippen LogP contribution < -0.4 is 5.32 Å². The Hall–Kier alpha value is -3.67. The molecule has 0 aromatic carbocycles. The minimum atomic E-state index is -1.58. The maximum Gasteiger partial charge on any atom is 0.220 e. The maximum absolute atomic E-state index is 13.0. The largest absolute Gasteiger partial charge is 0.394 e. The molecule has 1 rings (SSSR count). The van der Waals surface area contributed by atoms with Gasteiger partial charge in [0.2, 0.25) is 5.91 Å². The van der Waals surface area contributed by atoms with Crippen molar-refractivity contribution in [3.8, 4) is 0 Å². The van der Waals surface area contributed by atoms with E-state index in [1.165, 1.54) is 77.0 Å². The molecule has 0 aliphatic carbocycles. The van der Waals surface area contributed by atoms with Crippen LogP contribution in [-0.4, -0.2) is 87.5 Å². The van der Waals surface area contributed by atoms with Crippen molar-refractivity contribution in [1.29, 1.82) is 0 Å². The van der Waals surface area contributed by atoms with E-state index in [4.69, 9.17) is 9.47 Å². The van der Waals surface area contributed by atoms with Gasteiger partial charge in [0, 0.05) is 6.42 Å². The van der Waals surface area contributed by atoms with E-state index >= 15 is 0 Å². The topological polar surface area (TPSA) is 149 Å². The molecule has 1 aliphatic rings. The van der Waals surface area contributed by atoms with Crippen LogP contribution in [0.15, 0.2) is 134 Å². The van der Waals surface area contributed by atoms with Gasteiger partial charge in [0.05, 0.1) is 25.4 Å². The lowest BCUT2D eigenvalue weighted by molar-refractivity contribution is -0.302. The van der Waals surface area contributed by atoms with Gasteiger partial charge in [0.25, 0.3) is 0 Å². The van der Waals surface area contributed by atoms with Crippen LogP contribution in [0.4, 0.5) is 0 Å². The normalized spacial score (nSPS) is 20.0. The summed E-state index contributed by atoms with van der Waals surface area (Å²) in [5.74, 6) is -0.207. The fraction of sp³-hybridized carbons (Fsp3) is 0.646. The Bertz CT molecular complexity index is 1620. The Morgan fingerprint density at radius 3 is 1.24 bits per heavy atom. The fourth-order valence-corrected chi connectivity index (χ4v) is 8.36. The number of unbranched alkanes of at least 4 members (excludes halogenated alkanes) is 18. The molecule has 0 bridgehead atoms. The maximum atomic E-state index is 13.0. The summed E-state index contributed by atoms with van der Waals surface area (Å²) in [4.78, 5) is 13.0. The molecule has 1 amide bonds. The van der Waals surface area contributed by atoms with Gasteiger partial charge in [-0.2, -0.15) is 0 Å². The van der Waals surface area contributed by atoms with Crippen molar-refractivity contribution in [2.75, 3.05) is 13.2 Å². The Balaban J connectivity index is 2.25. The highest BCUT2D eigenvalue weighted by Crippen LogP contribution is 2.23. The summed E-state index contributed by atoms with van der Waals surface area (Å²) in [6.45, 7) is 3.64. The van der Waals surface area contributed by atoms with Gasteiger partial charge in [0.15, 0.2) is 6.29 Å². The van der Waals surface area contributed by atoms with Crippen molar-refractivity contribution in [1.82, 2.24) is 5.32 Å². The van der Waals surface area contributed by atoms with E-state index in [1.54, 1.807) is 6.08 Å². The number of aliphatic hydroxyl groups is 5. The van der Waals surface area contributed by atoms with Gasteiger partial charge in [-0.15, -0.1) is 0 Å². The SMILES string of the molecule is CC/C=C\C/C=C\C/C=C\C/C=C\C/C=C\C/C=C\C/C=C\C/C=C\C/C=C\C/C=C\CCCCCCC(=O)NC(COC1OC(CO)C(O)C(O)C1O)C(O)/C=C/CCCCCCCCCCCCCCCC. The smallest absolute Gasteiger partial charge is 0.220 e. The summed E-state index contributed by atoms with van der Waals surface area (Å²) in [6.07, 6.45) is 73.6. The second-order valence-corrected chi connectivity index (χ2v) is 19.7. The van der Waals surface area contributed by atoms with E-state index in [2.05, 4.69) is 141 Å². The number of hydrogen-bond acceptors (Lipinski definition) is 8. The number of nitrogens with one attached hydrogen (secondary N) is 1. The van der Waals surface area contributed by atoms with E-state index in [0.717, 1.165) is 116 Å². The van der Waals surface area contributed by atoms with Crippen LogP contribution in [0.5, 0.6) is 0 Å². The number of ether oxygens (including phenoxy) is 2. The summed E-state index contributed by atoms with van der Waals surface area (Å²) in [6, 6.07) is -0.829. The standard InChI is InChI=1S/C65H107NO8/c1-3-5-7-9-11-13-15-17-19-21-22-23-24-25-26-27-28-29-30-31-32-33-34-35-36-37-38-39-41-43-45-47-49-51-53-55-61(69)66-58(57-73-65-64(72)63(71)62(70)60(56-67)74-65)59(68)54-52-50-48-46-44-42-40-20-18-16-14-12-10-8-6-4-2/h5,7,11,13,17,19,22-23,25-26,28-29,31-32,34-35,37-38,41,43,52,54,58-60,62-65,67-68,70-72H,3-4,6,8-10,12,14-16,18,20-21,24,27,30,33,36,39-40,42,44-51,53,55-57H2,1-2H3,(H,66,69)/b7-5-,13-11-,19-17-,23-22-,26-25-,29-28-,32-31-,35-34-,38-37-,43-41-,54-52+. The van der Waals surface area contributed by atoms with Gasteiger partial charge < -0.3 is 40.3 Å². The van der Waals surface area contributed by atoms with E-state index in [-0.39, 0.29) is 12.5 Å². The van der Waals surface area contributed by atoms with E-state index in [1.807, 2.05) is 6.08 Å². The van der Waals surface area contributed by atoms with Crippen LogP contribution in [0.1, 0.15) is 213 Å². The molecule has 9 nitrogen and oxygen atoms in total. The molecule has 1 saturated heterocycles. The predicted molar refractivity (Wildman–Crippen MR) is 313 cm³/mol. The number of allylic oxidation sites excluding steroid dienone is 21. The molecular weight excluding hydrogens is 923 g/mol. The van der Waals surface area contributed by atoms with Crippen LogP contribution in [0, 0.1) is 0 Å². The van der Waals surface area contributed by atoms with Gasteiger partial charge in [-0.05, 0) is 96.3 Å². The zero-order valence-electron chi connectivity index (χ0n) is 46.5. The second-order valence-electron chi connectivity index (χ2n) is 19.7. The first kappa shape index (κ1) is 68.3. The summed E-state index contributed by atoms with van der Waals surface area (Å²) in [5.41, 5.74) is 0. The van der Waals surface area contributed by atoms with Gasteiger partial charge in [-0.3, -0.25) is 4.79 Å². The molecular formula is C65H107NO8. The summed E-state index contributed by atoms with van der Waals surface area (Å²) in [7, 11) is 0. The van der Waals surface area contributed by atoms with Crippen molar-refractivity contribution < 1.29 is 39.8 Å². The first-order valence-electron chi connectivity index (χ1n) is 29.4. The first-order chi connectivity index (χ1) is 36.3.